The molecule has 0 bridgehead atoms. The Labute approximate surface area is 203 Å². The van der Waals surface area contributed by atoms with Gasteiger partial charge in [-0.2, -0.15) is 0 Å². The molecule has 3 aromatic rings. The molecule has 1 aliphatic rings. The van der Waals surface area contributed by atoms with Gasteiger partial charge in [-0.1, -0.05) is 12.1 Å². The van der Waals surface area contributed by atoms with Crippen LogP contribution in [0.3, 0.4) is 0 Å². The van der Waals surface area contributed by atoms with Crippen molar-refractivity contribution in [2.45, 2.75) is 45.2 Å². The van der Waals surface area contributed by atoms with Gasteiger partial charge < -0.3 is 23.7 Å². The fourth-order valence-corrected chi connectivity index (χ4v) is 4.29. The molecule has 1 amide bonds. The molecule has 4 rings (SSSR count). The van der Waals surface area contributed by atoms with E-state index < -0.39 is 24.1 Å². The lowest BCUT2D eigenvalue weighted by atomic mass is 10.0. The van der Waals surface area contributed by atoms with Crippen molar-refractivity contribution in [2.75, 3.05) is 13.7 Å². The number of aliphatic carboxylic acids is 1. The SMILES string of the molecule is COc1ccc(OC(=O)N2C(C(=O)O)CCC2c2ccc(OCCc3nc(C)oc3C)cc2)cc1. The number of likely N-dealkylation sites (tertiary alicyclic amines) is 1. The first-order chi connectivity index (χ1) is 16.9. The average Bonchev–Trinajstić information content (AvgIpc) is 3.43. The number of carboxylic acid groups (broad SMARTS) is 1. The van der Waals surface area contributed by atoms with Crippen LogP contribution in [0.4, 0.5) is 4.79 Å². The largest absolute Gasteiger partial charge is 0.497 e. The normalized spacial score (nSPS) is 17.3. The minimum atomic E-state index is -1.06. The summed E-state index contributed by atoms with van der Waals surface area (Å²) in [7, 11) is 1.54. The van der Waals surface area contributed by atoms with E-state index in [0.29, 0.717) is 49.0 Å². The number of hydrogen-bond acceptors (Lipinski definition) is 7. The van der Waals surface area contributed by atoms with E-state index >= 15 is 0 Å². The molecule has 1 aromatic heterocycles. The third kappa shape index (κ3) is 5.56. The molecule has 1 saturated heterocycles. The summed E-state index contributed by atoms with van der Waals surface area (Å²) in [6.07, 6.45) is 0.772. The van der Waals surface area contributed by atoms with E-state index in [1.54, 1.807) is 31.4 Å². The Balaban J connectivity index is 1.43. The number of carboxylic acids is 1. The van der Waals surface area contributed by atoms with Crippen LogP contribution in [0, 0.1) is 13.8 Å². The number of benzene rings is 2. The number of aryl methyl sites for hydroxylation is 2. The van der Waals surface area contributed by atoms with Crippen molar-refractivity contribution in [2.24, 2.45) is 0 Å². The summed E-state index contributed by atoms with van der Waals surface area (Å²) < 4.78 is 21.9. The summed E-state index contributed by atoms with van der Waals surface area (Å²) in [5, 5.41) is 9.69. The highest BCUT2D eigenvalue weighted by Gasteiger charge is 2.42. The number of methoxy groups -OCH3 is 1. The van der Waals surface area contributed by atoms with E-state index in [1.165, 1.54) is 4.90 Å². The van der Waals surface area contributed by atoms with Gasteiger partial charge in [0.25, 0.3) is 0 Å². The Morgan fingerprint density at radius 1 is 1.03 bits per heavy atom. The van der Waals surface area contributed by atoms with E-state index in [9.17, 15) is 14.7 Å². The maximum Gasteiger partial charge on any atom is 0.416 e. The Bertz CT molecular complexity index is 1170. The molecule has 2 unspecified atom stereocenters. The number of carbonyl (C=O) groups is 2. The van der Waals surface area contributed by atoms with E-state index in [0.717, 1.165) is 17.0 Å². The van der Waals surface area contributed by atoms with Gasteiger partial charge in [0.2, 0.25) is 0 Å². The van der Waals surface area contributed by atoms with E-state index in [4.69, 9.17) is 18.6 Å². The number of amides is 1. The molecule has 35 heavy (non-hydrogen) atoms. The van der Waals surface area contributed by atoms with Crippen LogP contribution >= 0.6 is 0 Å². The number of carbonyl (C=O) groups excluding carboxylic acids is 1. The molecular formula is C26H28N2O7. The van der Waals surface area contributed by atoms with Crippen LogP contribution in [0.5, 0.6) is 17.2 Å². The van der Waals surface area contributed by atoms with Crippen LogP contribution in [0.25, 0.3) is 0 Å². The maximum absolute atomic E-state index is 13.0. The van der Waals surface area contributed by atoms with Crippen molar-refractivity contribution in [3.8, 4) is 17.2 Å². The zero-order chi connectivity index (χ0) is 24.9. The van der Waals surface area contributed by atoms with Gasteiger partial charge in [0, 0.05) is 13.3 Å². The molecule has 0 aliphatic carbocycles. The highest BCUT2D eigenvalue weighted by atomic mass is 16.6. The molecule has 2 atom stereocenters. The summed E-state index contributed by atoms with van der Waals surface area (Å²) in [4.78, 5) is 30.5. The molecule has 0 radical (unpaired) electrons. The van der Waals surface area contributed by atoms with Gasteiger partial charge in [-0.25, -0.2) is 14.6 Å². The van der Waals surface area contributed by atoms with Gasteiger partial charge in [-0.15, -0.1) is 0 Å². The second-order valence-electron chi connectivity index (χ2n) is 8.30. The lowest BCUT2D eigenvalue weighted by molar-refractivity contribution is -0.141. The second-order valence-corrected chi connectivity index (χ2v) is 8.30. The number of rotatable bonds is 8. The first kappa shape index (κ1) is 24.1. The Morgan fingerprint density at radius 3 is 2.29 bits per heavy atom. The molecule has 2 aromatic carbocycles. The van der Waals surface area contributed by atoms with Gasteiger partial charge in [0.05, 0.1) is 25.5 Å². The van der Waals surface area contributed by atoms with E-state index in [-0.39, 0.29) is 0 Å². The molecule has 1 aliphatic heterocycles. The van der Waals surface area contributed by atoms with Crippen LogP contribution in [0.1, 0.15) is 41.8 Å². The molecule has 0 saturated carbocycles. The Morgan fingerprint density at radius 2 is 1.69 bits per heavy atom. The third-order valence-electron chi connectivity index (χ3n) is 6.02. The monoisotopic (exact) mass is 480 g/mol. The maximum atomic E-state index is 13.0. The quantitative estimate of drug-likeness (QED) is 0.493. The summed E-state index contributed by atoms with van der Waals surface area (Å²) in [5.74, 6) is 1.97. The zero-order valence-corrected chi connectivity index (χ0v) is 19.9. The summed E-state index contributed by atoms with van der Waals surface area (Å²) in [5.41, 5.74) is 1.69. The molecular weight excluding hydrogens is 452 g/mol. The van der Waals surface area contributed by atoms with Crippen molar-refractivity contribution in [3.05, 3.63) is 71.4 Å². The molecule has 2 heterocycles. The van der Waals surface area contributed by atoms with E-state index in [1.807, 2.05) is 38.1 Å². The number of nitrogens with zero attached hydrogens (tertiary/aromatic N) is 2. The number of ether oxygens (including phenoxy) is 3. The van der Waals surface area contributed by atoms with Crippen LogP contribution in [0.15, 0.2) is 52.9 Å². The van der Waals surface area contributed by atoms with Crippen molar-refractivity contribution in [3.63, 3.8) is 0 Å². The number of hydrogen-bond donors (Lipinski definition) is 1. The lowest BCUT2D eigenvalue weighted by Gasteiger charge is -2.27. The highest BCUT2D eigenvalue weighted by Crippen LogP contribution is 2.37. The minimum Gasteiger partial charge on any atom is -0.497 e. The lowest BCUT2D eigenvalue weighted by Crippen LogP contribution is -2.43. The predicted octanol–water partition coefficient (Wildman–Crippen LogP) is 4.71. The molecule has 1 N–H and O–H groups in total. The van der Waals surface area contributed by atoms with Gasteiger partial charge in [-0.3, -0.25) is 4.90 Å². The van der Waals surface area contributed by atoms with Crippen molar-refractivity contribution in [1.82, 2.24) is 9.88 Å². The topological polar surface area (TPSA) is 111 Å². The van der Waals surface area contributed by atoms with Crippen LogP contribution in [0.2, 0.25) is 0 Å². The Hall–Kier alpha value is -4.01. The van der Waals surface area contributed by atoms with Gasteiger partial charge in [0.15, 0.2) is 5.89 Å². The zero-order valence-electron chi connectivity index (χ0n) is 19.9. The van der Waals surface area contributed by atoms with Crippen molar-refractivity contribution < 1.29 is 33.3 Å². The van der Waals surface area contributed by atoms with Crippen LogP contribution in [-0.2, 0) is 11.2 Å². The summed E-state index contributed by atoms with van der Waals surface area (Å²) >= 11 is 0. The fourth-order valence-electron chi connectivity index (χ4n) is 4.29. The first-order valence-corrected chi connectivity index (χ1v) is 11.4. The fraction of sp³-hybridized carbons (Fsp3) is 0.346. The van der Waals surface area contributed by atoms with Gasteiger partial charge in [0.1, 0.15) is 29.1 Å². The second kappa shape index (κ2) is 10.5. The average molecular weight is 481 g/mol. The van der Waals surface area contributed by atoms with Crippen molar-refractivity contribution in [1.29, 1.82) is 0 Å². The van der Waals surface area contributed by atoms with Gasteiger partial charge >= 0.3 is 12.1 Å². The van der Waals surface area contributed by atoms with Gasteiger partial charge in [-0.05, 0) is 61.7 Å². The third-order valence-corrected chi connectivity index (χ3v) is 6.02. The smallest absolute Gasteiger partial charge is 0.416 e. The first-order valence-electron chi connectivity index (χ1n) is 11.4. The summed E-state index contributed by atoms with van der Waals surface area (Å²) in [6, 6.07) is 12.5. The van der Waals surface area contributed by atoms with Crippen molar-refractivity contribution >= 4 is 12.1 Å². The standard InChI is InChI=1S/C26H28N2O7/c1-16-22(27-17(2)34-16)14-15-33-20-6-4-18(5-7-20)23-12-13-24(25(29)30)28(23)26(31)35-21-10-8-19(32-3)9-11-21/h4-11,23-24H,12-15H2,1-3H3,(H,29,30). The molecule has 184 valence electrons. The number of oxazole rings is 1. The van der Waals surface area contributed by atoms with Crippen LogP contribution < -0.4 is 14.2 Å². The minimum absolute atomic E-state index is 0.312. The van der Waals surface area contributed by atoms with Crippen LogP contribution in [-0.4, -0.2) is 46.8 Å². The molecule has 0 spiro atoms. The molecule has 9 nitrogen and oxygen atoms in total. The highest BCUT2D eigenvalue weighted by molar-refractivity contribution is 5.82. The molecule has 1 fully saturated rings. The Kier molecular flexibility index (Phi) is 7.24. The summed E-state index contributed by atoms with van der Waals surface area (Å²) in [6.45, 7) is 4.13. The number of aromatic nitrogens is 1. The predicted molar refractivity (Wildman–Crippen MR) is 126 cm³/mol. The van der Waals surface area contributed by atoms with E-state index in [2.05, 4.69) is 4.98 Å². The molecule has 9 heteroatoms.